The Bertz CT molecular complexity index is 488. The van der Waals surface area contributed by atoms with E-state index in [0.29, 0.717) is 11.8 Å². The first kappa shape index (κ1) is 15.8. The number of rotatable bonds is 8. The average molecular weight is 283 g/mol. The Morgan fingerprint density at radius 2 is 1.76 bits per heavy atom. The highest BCUT2D eigenvalue weighted by Crippen LogP contribution is 2.30. The Morgan fingerprint density at radius 1 is 1.10 bits per heavy atom. The molecule has 0 saturated carbocycles. The lowest BCUT2D eigenvalue weighted by Crippen LogP contribution is -2.18. The molecule has 2 heterocycles. The molecular weight excluding hydrogens is 256 g/mol. The van der Waals surface area contributed by atoms with Crippen LogP contribution in [0.2, 0.25) is 0 Å². The van der Waals surface area contributed by atoms with E-state index in [1.807, 2.05) is 12.4 Å². The number of nitrogens with zero attached hydrogens (tertiary/aromatic N) is 2. The minimum atomic E-state index is 0.659. The number of pyridine rings is 1. The van der Waals surface area contributed by atoms with Gasteiger partial charge >= 0.3 is 0 Å². The summed E-state index contributed by atoms with van der Waals surface area (Å²) in [7, 11) is 0. The lowest BCUT2D eigenvalue weighted by Gasteiger charge is -2.27. The summed E-state index contributed by atoms with van der Waals surface area (Å²) in [6.45, 7) is 8.15. The van der Waals surface area contributed by atoms with Gasteiger partial charge in [-0.25, -0.2) is 0 Å². The van der Waals surface area contributed by atoms with E-state index >= 15 is 0 Å². The smallest absolute Gasteiger partial charge is 0.0270 e. The summed E-state index contributed by atoms with van der Waals surface area (Å²) in [4.78, 5) is 4.09. The number of hydrogen-bond acceptors (Lipinski definition) is 1. The van der Waals surface area contributed by atoms with Crippen LogP contribution in [0.3, 0.4) is 0 Å². The standard InChI is InChI=1S/C19H27N2/c1-16(2)19(7-6-18-8-11-20-12-9-18)17(3)10-15-21-13-4-5-14-21/h4-5,8-9,11-14,16-17H,6-7,10,15H2,1-3H3. The van der Waals surface area contributed by atoms with E-state index in [-0.39, 0.29) is 0 Å². The first-order valence-corrected chi connectivity index (χ1v) is 8.02. The van der Waals surface area contributed by atoms with Crippen LogP contribution in [-0.2, 0) is 13.0 Å². The van der Waals surface area contributed by atoms with Gasteiger partial charge in [-0.05, 0) is 66.8 Å². The van der Waals surface area contributed by atoms with E-state index < -0.39 is 0 Å². The minimum absolute atomic E-state index is 0.659. The van der Waals surface area contributed by atoms with E-state index in [9.17, 15) is 0 Å². The molecule has 0 saturated heterocycles. The highest BCUT2D eigenvalue weighted by Gasteiger charge is 2.21. The van der Waals surface area contributed by atoms with Crippen molar-refractivity contribution in [3.05, 3.63) is 60.5 Å². The van der Waals surface area contributed by atoms with Crippen LogP contribution in [0.4, 0.5) is 0 Å². The van der Waals surface area contributed by atoms with Gasteiger partial charge in [0.15, 0.2) is 0 Å². The van der Waals surface area contributed by atoms with Crippen molar-refractivity contribution in [3.63, 3.8) is 0 Å². The molecule has 0 aromatic carbocycles. The lowest BCUT2D eigenvalue weighted by atomic mass is 9.79. The number of aromatic nitrogens is 2. The molecule has 0 aliphatic heterocycles. The van der Waals surface area contributed by atoms with Gasteiger partial charge in [-0.15, -0.1) is 0 Å². The predicted molar refractivity (Wildman–Crippen MR) is 88.9 cm³/mol. The van der Waals surface area contributed by atoms with E-state index in [2.05, 4.69) is 67.0 Å². The van der Waals surface area contributed by atoms with Crippen LogP contribution in [0, 0.1) is 17.8 Å². The molecule has 21 heavy (non-hydrogen) atoms. The summed E-state index contributed by atoms with van der Waals surface area (Å²) in [6.07, 6.45) is 11.6. The highest BCUT2D eigenvalue weighted by atomic mass is 14.9. The third-order valence-corrected chi connectivity index (χ3v) is 4.31. The molecule has 0 amide bonds. The maximum Gasteiger partial charge on any atom is 0.0270 e. The monoisotopic (exact) mass is 283 g/mol. The van der Waals surface area contributed by atoms with Crippen molar-refractivity contribution in [2.75, 3.05) is 0 Å². The fraction of sp³-hybridized carbons (Fsp3) is 0.474. The van der Waals surface area contributed by atoms with Crippen LogP contribution >= 0.6 is 0 Å². The first-order chi connectivity index (χ1) is 10.2. The molecule has 2 aromatic heterocycles. The predicted octanol–water partition coefficient (Wildman–Crippen LogP) is 4.77. The zero-order valence-electron chi connectivity index (χ0n) is 13.5. The molecule has 0 spiro atoms. The molecule has 0 bridgehead atoms. The van der Waals surface area contributed by atoms with Crippen molar-refractivity contribution < 1.29 is 0 Å². The maximum atomic E-state index is 4.09. The Kier molecular flexibility index (Phi) is 6.04. The molecule has 1 radical (unpaired) electrons. The fourth-order valence-electron chi connectivity index (χ4n) is 2.99. The molecule has 2 nitrogen and oxygen atoms in total. The zero-order valence-corrected chi connectivity index (χ0v) is 13.5. The zero-order chi connectivity index (χ0) is 15.1. The van der Waals surface area contributed by atoms with Gasteiger partial charge in [0.05, 0.1) is 0 Å². The van der Waals surface area contributed by atoms with Gasteiger partial charge in [-0.2, -0.15) is 0 Å². The van der Waals surface area contributed by atoms with Crippen molar-refractivity contribution in [3.8, 4) is 0 Å². The molecule has 2 heteroatoms. The molecule has 1 unspecified atom stereocenters. The van der Waals surface area contributed by atoms with Gasteiger partial charge in [-0.1, -0.05) is 20.8 Å². The largest absolute Gasteiger partial charge is 0.354 e. The Hall–Kier alpha value is -1.57. The summed E-state index contributed by atoms with van der Waals surface area (Å²) in [5.74, 6) is 3.03. The quantitative estimate of drug-likeness (QED) is 0.682. The maximum absolute atomic E-state index is 4.09. The van der Waals surface area contributed by atoms with Crippen LogP contribution in [0.1, 0.15) is 39.2 Å². The van der Waals surface area contributed by atoms with Crippen LogP contribution in [0.25, 0.3) is 0 Å². The van der Waals surface area contributed by atoms with E-state index in [4.69, 9.17) is 0 Å². The fourth-order valence-corrected chi connectivity index (χ4v) is 2.99. The molecule has 2 rings (SSSR count). The molecule has 113 valence electrons. The van der Waals surface area contributed by atoms with Crippen molar-refractivity contribution in [1.82, 2.24) is 9.55 Å². The topological polar surface area (TPSA) is 17.8 Å². The minimum Gasteiger partial charge on any atom is -0.354 e. The lowest BCUT2D eigenvalue weighted by molar-refractivity contribution is 0.407. The van der Waals surface area contributed by atoms with Crippen LogP contribution < -0.4 is 0 Å². The van der Waals surface area contributed by atoms with Gasteiger partial charge in [0, 0.05) is 31.3 Å². The van der Waals surface area contributed by atoms with Crippen LogP contribution in [0.5, 0.6) is 0 Å². The van der Waals surface area contributed by atoms with Gasteiger partial charge < -0.3 is 4.57 Å². The molecule has 1 atom stereocenters. The van der Waals surface area contributed by atoms with Crippen LogP contribution in [0.15, 0.2) is 49.1 Å². The summed E-state index contributed by atoms with van der Waals surface area (Å²) < 4.78 is 2.28. The second-order valence-corrected chi connectivity index (χ2v) is 6.20. The van der Waals surface area contributed by atoms with E-state index in [0.717, 1.165) is 13.0 Å². The molecule has 0 aliphatic carbocycles. The number of aryl methyl sites for hydroxylation is 2. The second kappa shape index (κ2) is 8.02. The summed E-state index contributed by atoms with van der Waals surface area (Å²) in [5.41, 5.74) is 1.39. The number of hydrogen-bond donors (Lipinski definition) is 0. The van der Waals surface area contributed by atoms with Gasteiger partial charge in [0.2, 0.25) is 0 Å². The normalized spacial score (nSPS) is 13.0. The summed E-state index contributed by atoms with van der Waals surface area (Å²) in [6, 6.07) is 8.45. The van der Waals surface area contributed by atoms with E-state index in [1.54, 1.807) is 5.92 Å². The molecule has 2 aromatic rings. The van der Waals surface area contributed by atoms with Gasteiger partial charge in [0.25, 0.3) is 0 Å². The Labute approximate surface area is 129 Å². The van der Waals surface area contributed by atoms with Crippen molar-refractivity contribution in [1.29, 1.82) is 0 Å². The second-order valence-electron chi connectivity index (χ2n) is 6.20. The molecule has 0 aliphatic rings. The van der Waals surface area contributed by atoms with Crippen LogP contribution in [-0.4, -0.2) is 9.55 Å². The summed E-state index contributed by atoms with van der Waals surface area (Å²) >= 11 is 0. The summed E-state index contributed by atoms with van der Waals surface area (Å²) in [5, 5.41) is 0. The molecule has 0 N–H and O–H groups in total. The van der Waals surface area contributed by atoms with Crippen molar-refractivity contribution in [2.45, 2.75) is 46.6 Å². The Morgan fingerprint density at radius 3 is 2.38 bits per heavy atom. The molecule has 0 fully saturated rings. The third-order valence-electron chi connectivity index (χ3n) is 4.31. The SMILES string of the molecule is CC(C)[C](CCc1ccncc1)C(C)CCn1cccc1. The molecular formula is C19H27N2. The van der Waals surface area contributed by atoms with Crippen molar-refractivity contribution in [2.24, 2.45) is 11.8 Å². The van der Waals surface area contributed by atoms with Gasteiger partial charge in [-0.3, -0.25) is 4.98 Å². The third kappa shape index (κ3) is 5.04. The average Bonchev–Trinajstić information content (AvgIpc) is 2.99. The highest BCUT2D eigenvalue weighted by molar-refractivity contribution is 5.12. The Balaban J connectivity index is 1.85. The van der Waals surface area contributed by atoms with E-state index in [1.165, 1.54) is 18.4 Å². The van der Waals surface area contributed by atoms with Gasteiger partial charge in [0.1, 0.15) is 0 Å². The van der Waals surface area contributed by atoms with Crippen molar-refractivity contribution >= 4 is 0 Å². The first-order valence-electron chi connectivity index (χ1n) is 8.02.